The van der Waals surface area contributed by atoms with Crippen molar-refractivity contribution in [1.82, 2.24) is 24.3 Å². The SMILES string of the molecule is Cn1c(=O)n(C2CCC(=O)NC2=O)c2c(F)ccc(N3CCN(C4CN(c5ccc(N)nc5)C4)CC3)c21. The number of benzene rings is 1. The third-order valence-corrected chi connectivity index (χ3v) is 7.84. The molecule has 2 amide bonds. The lowest BCUT2D eigenvalue weighted by Crippen LogP contribution is -2.63. The Kier molecular flexibility index (Phi) is 5.63. The quantitative estimate of drug-likeness (QED) is 0.487. The van der Waals surface area contributed by atoms with Crippen molar-refractivity contribution in [3.8, 4) is 0 Å². The monoisotopic (exact) mass is 508 g/mol. The molecule has 6 rings (SSSR count). The van der Waals surface area contributed by atoms with E-state index in [1.165, 1.54) is 15.2 Å². The molecule has 3 aliphatic rings. The number of nitrogens with one attached hydrogen (secondary N) is 1. The molecule has 37 heavy (non-hydrogen) atoms. The van der Waals surface area contributed by atoms with Gasteiger partial charge in [0.25, 0.3) is 0 Å². The molecule has 3 aromatic rings. The molecule has 3 aliphatic heterocycles. The smallest absolute Gasteiger partial charge is 0.329 e. The second-order valence-corrected chi connectivity index (χ2v) is 9.97. The summed E-state index contributed by atoms with van der Waals surface area (Å²) in [6.45, 7) is 5.01. The van der Waals surface area contributed by atoms with Gasteiger partial charge in [0.15, 0.2) is 0 Å². The summed E-state index contributed by atoms with van der Waals surface area (Å²) in [5, 5.41) is 2.27. The number of halogens is 1. The summed E-state index contributed by atoms with van der Waals surface area (Å²) in [6, 6.07) is 6.39. The third kappa shape index (κ3) is 3.91. The van der Waals surface area contributed by atoms with E-state index in [0.29, 0.717) is 17.4 Å². The fourth-order valence-corrected chi connectivity index (χ4v) is 5.74. The number of aromatic nitrogens is 3. The summed E-state index contributed by atoms with van der Waals surface area (Å²) in [4.78, 5) is 48.4. The number of nitrogen functional groups attached to an aromatic ring is 1. The Hall–Kier alpha value is -3.93. The predicted molar refractivity (Wildman–Crippen MR) is 137 cm³/mol. The first-order chi connectivity index (χ1) is 17.8. The normalized spacial score (nSPS) is 21.4. The number of imide groups is 1. The second kappa shape index (κ2) is 8.87. The number of nitrogens with zero attached hydrogens (tertiary/aromatic N) is 6. The van der Waals surface area contributed by atoms with Gasteiger partial charge in [-0.05, 0) is 30.7 Å². The Morgan fingerprint density at radius 3 is 2.43 bits per heavy atom. The summed E-state index contributed by atoms with van der Waals surface area (Å²) in [7, 11) is 1.60. The van der Waals surface area contributed by atoms with Gasteiger partial charge in [-0.25, -0.2) is 14.2 Å². The molecular formula is C25H29FN8O3. The van der Waals surface area contributed by atoms with Crippen molar-refractivity contribution in [2.75, 3.05) is 54.8 Å². The lowest BCUT2D eigenvalue weighted by atomic mass is 10.0. The number of carbonyl (C=O) groups excluding carboxylic acids is 2. The molecule has 0 saturated carbocycles. The van der Waals surface area contributed by atoms with Crippen LogP contribution in [0.2, 0.25) is 0 Å². The van der Waals surface area contributed by atoms with E-state index in [-0.39, 0.29) is 24.3 Å². The van der Waals surface area contributed by atoms with E-state index < -0.39 is 23.5 Å². The highest BCUT2D eigenvalue weighted by molar-refractivity contribution is 6.00. The summed E-state index contributed by atoms with van der Waals surface area (Å²) in [6.07, 6.45) is 2.07. The molecule has 194 valence electrons. The zero-order valence-corrected chi connectivity index (χ0v) is 20.6. The van der Waals surface area contributed by atoms with E-state index in [0.717, 1.165) is 50.6 Å². The Bertz CT molecular complexity index is 1430. The zero-order valence-electron chi connectivity index (χ0n) is 20.6. The summed E-state index contributed by atoms with van der Waals surface area (Å²) < 4.78 is 17.8. The molecule has 0 bridgehead atoms. The van der Waals surface area contributed by atoms with Crippen LogP contribution in [0.3, 0.4) is 0 Å². The van der Waals surface area contributed by atoms with Crippen molar-refractivity contribution in [1.29, 1.82) is 0 Å². The molecular weight excluding hydrogens is 479 g/mol. The Morgan fingerprint density at radius 2 is 1.76 bits per heavy atom. The topological polar surface area (TPSA) is 122 Å². The van der Waals surface area contributed by atoms with Gasteiger partial charge in [0, 0.05) is 58.8 Å². The molecule has 0 radical (unpaired) electrons. The molecule has 12 heteroatoms. The van der Waals surface area contributed by atoms with Gasteiger partial charge in [-0.1, -0.05) is 0 Å². The van der Waals surface area contributed by atoms with Gasteiger partial charge in [0.1, 0.15) is 23.2 Å². The van der Waals surface area contributed by atoms with Crippen molar-refractivity contribution >= 4 is 40.0 Å². The van der Waals surface area contributed by atoms with Crippen molar-refractivity contribution in [3.63, 3.8) is 0 Å². The fraction of sp³-hybridized carbons (Fsp3) is 0.440. The largest absolute Gasteiger partial charge is 0.384 e. The lowest BCUT2D eigenvalue weighted by Gasteiger charge is -2.49. The van der Waals surface area contributed by atoms with E-state index in [1.807, 2.05) is 12.1 Å². The Balaban J connectivity index is 1.20. The molecule has 1 unspecified atom stereocenters. The molecule has 5 heterocycles. The van der Waals surface area contributed by atoms with Gasteiger partial charge in [0.05, 0.1) is 23.1 Å². The van der Waals surface area contributed by atoms with Gasteiger partial charge in [-0.2, -0.15) is 0 Å². The fourth-order valence-electron chi connectivity index (χ4n) is 5.74. The number of amides is 2. The van der Waals surface area contributed by atoms with Crippen LogP contribution in [-0.2, 0) is 16.6 Å². The highest BCUT2D eigenvalue weighted by Crippen LogP contribution is 2.33. The molecule has 2 aromatic heterocycles. The van der Waals surface area contributed by atoms with Crippen molar-refractivity contribution < 1.29 is 14.0 Å². The Labute approximate surface area is 212 Å². The van der Waals surface area contributed by atoms with Crippen LogP contribution in [0.25, 0.3) is 11.0 Å². The maximum atomic E-state index is 15.2. The molecule has 0 aliphatic carbocycles. The first-order valence-electron chi connectivity index (χ1n) is 12.5. The first-order valence-corrected chi connectivity index (χ1v) is 12.5. The standard InChI is InChI=1S/C25H29FN8O3/c1-30-23-18(4-3-17(26)22(23)34(25(30)37)19-5-7-21(35)29-24(19)36)32-10-8-31(9-11-32)16-13-33(14-16)15-2-6-20(27)28-12-15/h2-4,6,12,16,19H,5,7-11,13-14H2,1H3,(H2,27,28)(H,29,35,36). The highest BCUT2D eigenvalue weighted by atomic mass is 19.1. The number of hydrogen-bond donors (Lipinski definition) is 2. The number of pyridine rings is 1. The third-order valence-electron chi connectivity index (χ3n) is 7.84. The number of rotatable bonds is 4. The molecule has 11 nitrogen and oxygen atoms in total. The minimum atomic E-state index is -0.923. The number of imidazole rings is 1. The first kappa shape index (κ1) is 23.5. The predicted octanol–water partition coefficient (Wildman–Crippen LogP) is 0.445. The summed E-state index contributed by atoms with van der Waals surface area (Å²) in [5.74, 6) is -1.01. The van der Waals surface area contributed by atoms with Gasteiger partial charge in [-0.15, -0.1) is 0 Å². The number of carbonyl (C=O) groups is 2. The summed E-state index contributed by atoms with van der Waals surface area (Å²) in [5.41, 5.74) is 7.63. The van der Waals surface area contributed by atoms with E-state index in [2.05, 4.69) is 25.0 Å². The second-order valence-electron chi connectivity index (χ2n) is 9.97. The molecule has 1 atom stereocenters. The molecule has 0 spiro atoms. The van der Waals surface area contributed by atoms with Gasteiger partial charge in [-0.3, -0.25) is 28.9 Å². The Morgan fingerprint density at radius 1 is 1.00 bits per heavy atom. The molecule has 1 aromatic carbocycles. The number of piperazine rings is 1. The van der Waals surface area contributed by atoms with Gasteiger partial charge < -0.3 is 15.5 Å². The van der Waals surface area contributed by atoms with Crippen LogP contribution in [0, 0.1) is 5.82 Å². The highest BCUT2D eigenvalue weighted by Gasteiger charge is 2.36. The van der Waals surface area contributed by atoms with Crippen LogP contribution in [0.4, 0.5) is 21.6 Å². The van der Waals surface area contributed by atoms with Crippen LogP contribution in [0.1, 0.15) is 18.9 Å². The van der Waals surface area contributed by atoms with Crippen LogP contribution in [-0.4, -0.2) is 76.1 Å². The average molecular weight is 509 g/mol. The van der Waals surface area contributed by atoms with Gasteiger partial charge in [0.2, 0.25) is 11.8 Å². The van der Waals surface area contributed by atoms with Crippen molar-refractivity contribution in [2.45, 2.75) is 24.9 Å². The van der Waals surface area contributed by atoms with E-state index in [1.54, 1.807) is 19.3 Å². The number of fused-ring (bicyclic) bond motifs is 1. The van der Waals surface area contributed by atoms with Crippen LogP contribution in [0.5, 0.6) is 0 Å². The van der Waals surface area contributed by atoms with Gasteiger partial charge >= 0.3 is 5.69 Å². The number of nitrogens with two attached hydrogens (primary N) is 1. The van der Waals surface area contributed by atoms with Crippen LogP contribution in [0.15, 0.2) is 35.3 Å². The molecule has 3 saturated heterocycles. The van der Waals surface area contributed by atoms with E-state index >= 15 is 4.39 Å². The van der Waals surface area contributed by atoms with Crippen LogP contribution >= 0.6 is 0 Å². The number of aryl methyl sites for hydroxylation is 1. The number of piperidine rings is 1. The lowest BCUT2D eigenvalue weighted by molar-refractivity contribution is -0.135. The minimum Gasteiger partial charge on any atom is -0.384 e. The number of hydrogen-bond acceptors (Lipinski definition) is 8. The van der Waals surface area contributed by atoms with E-state index in [9.17, 15) is 14.4 Å². The maximum Gasteiger partial charge on any atom is 0.329 e. The van der Waals surface area contributed by atoms with Crippen molar-refractivity contribution in [3.05, 3.63) is 46.8 Å². The number of anilines is 3. The van der Waals surface area contributed by atoms with E-state index in [4.69, 9.17) is 5.73 Å². The maximum absolute atomic E-state index is 15.2. The summed E-state index contributed by atoms with van der Waals surface area (Å²) >= 11 is 0. The minimum absolute atomic E-state index is 0.105. The van der Waals surface area contributed by atoms with Crippen molar-refractivity contribution in [2.24, 2.45) is 7.05 Å². The molecule has 3 fully saturated rings. The average Bonchev–Trinajstić information content (AvgIpc) is 3.12. The zero-order chi connectivity index (χ0) is 25.8. The molecule has 3 N–H and O–H groups in total. The van der Waals surface area contributed by atoms with Crippen LogP contribution < -0.4 is 26.5 Å².